The number of carbonyl (C=O) groups is 3. The number of aromatic hydroxyl groups is 1. The van der Waals surface area contributed by atoms with Gasteiger partial charge in [0.05, 0.1) is 40.5 Å². The van der Waals surface area contributed by atoms with Crippen LogP contribution in [0, 0.1) is 0 Å². The highest BCUT2D eigenvalue weighted by molar-refractivity contribution is 7.17. The van der Waals surface area contributed by atoms with Crippen molar-refractivity contribution in [1.29, 1.82) is 0 Å². The van der Waals surface area contributed by atoms with Crippen molar-refractivity contribution in [2.24, 2.45) is 0 Å². The van der Waals surface area contributed by atoms with Crippen molar-refractivity contribution < 1.29 is 24.2 Å². The van der Waals surface area contributed by atoms with Crippen LogP contribution in [0.5, 0.6) is 5.75 Å². The summed E-state index contributed by atoms with van der Waals surface area (Å²) in [5.41, 5.74) is 5.74. The lowest BCUT2D eigenvalue weighted by Crippen LogP contribution is -2.39. The second-order valence-corrected chi connectivity index (χ2v) is 7.80. The summed E-state index contributed by atoms with van der Waals surface area (Å²) in [6.45, 7) is 1.44. The van der Waals surface area contributed by atoms with E-state index in [4.69, 9.17) is 33.7 Å². The van der Waals surface area contributed by atoms with E-state index in [2.05, 4.69) is 10.6 Å². The number of esters is 1. The lowest BCUT2D eigenvalue weighted by atomic mass is 10.0. The number of hydrogen-bond acceptors (Lipinski definition) is 7. The average Bonchev–Trinajstić information content (AvgIpc) is 3.09. The number of phenols is 1. The number of ether oxygens (including phenoxy) is 1. The number of nitrogens with two attached hydrogens (primary N) is 1. The van der Waals surface area contributed by atoms with E-state index >= 15 is 0 Å². The third kappa shape index (κ3) is 6.52. The highest BCUT2D eigenvalue weighted by atomic mass is 35.5. The molecule has 8 nitrogen and oxygen atoms in total. The highest BCUT2D eigenvalue weighted by Gasteiger charge is 2.24. The normalized spacial score (nSPS) is 11.6. The summed E-state index contributed by atoms with van der Waals surface area (Å²) in [6, 6.07) is 4.88. The average molecular weight is 460 g/mol. The van der Waals surface area contributed by atoms with E-state index in [1.165, 1.54) is 12.1 Å². The Balaban J connectivity index is 2.11. The Hall–Kier alpha value is -2.49. The topological polar surface area (TPSA) is 131 Å². The van der Waals surface area contributed by atoms with Gasteiger partial charge < -0.3 is 26.2 Å². The molecule has 1 heterocycles. The van der Waals surface area contributed by atoms with Crippen molar-refractivity contribution in [3.8, 4) is 5.75 Å². The summed E-state index contributed by atoms with van der Waals surface area (Å²) in [5.74, 6) is -1.96. The molecule has 5 N–H and O–H groups in total. The van der Waals surface area contributed by atoms with Crippen LogP contribution in [0.4, 0.5) is 5.00 Å². The standard InChI is InChI=1S/C18H19Cl2N3O5S/c1-2-28-16(25)7-12(10-5-9(19)6-11(20)17(10)26)23-15(24)8-22-18(27)13-3-4-14(21)29-13/h3-6,12,26H,2,7-8,21H2,1H3,(H,22,27)(H,23,24). The van der Waals surface area contributed by atoms with E-state index in [9.17, 15) is 19.5 Å². The molecule has 0 fully saturated rings. The zero-order chi connectivity index (χ0) is 21.6. The number of thiophene rings is 1. The number of amides is 2. The number of nitrogens with one attached hydrogen (secondary N) is 2. The van der Waals surface area contributed by atoms with Gasteiger partial charge in [-0.15, -0.1) is 11.3 Å². The van der Waals surface area contributed by atoms with E-state index in [1.807, 2.05) is 0 Å². The SMILES string of the molecule is CCOC(=O)CC(NC(=O)CNC(=O)c1ccc(N)s1)c1cc(Cl)cc(Cl)c1O. The second-order valence-electron chi connectivity index (χ2n) is 5.84. The third-order valence-corrected chi connectivity index (χ3v) is 5.12. The van der Waals surface area contributed by atoms with Gasteiger partial charge in [-0.05, 0) is 31.2 Å². The molecular weight excluding hydrogens is 441 g/mol. The van der Waals surface area contributed by atoms with Gasteiger partial charge in [0.1, 0.15) is 5.75 Å². The molecule has 1 aromatic carbocycles. The van der Waals surface area contributed by atoms with Gasteiger partial charge in [0, 0.05) is 10.6 Å². The van der Waals surface area contributed by atoms with Crippen LogP contribution in [0.15, 0.2) is 24.3 Å². The second kappa shape index (κ2) is 10.3. The molecule has 11 heteroatoms. The molecule has 0 aliphatic carbocycles. The Bertz CT molecular complexity index is 919. The van der Waals surface area contributed by atoms with Crippen LogP contribution in [0.1, 0.15) is 34.6 Å². The number of nitrogen functional groups attached to an aromatic ring is 1. The molecule has 2 amide bonds. The van der Waals surface area contributed by atoms with Gasteiger partial charge in [-0.3, -0.25) is 14.4 Å². The minimum atomic E-state index is -0.966. The Morgan fingerprint density at radius 1 is 1.28 bits per heavy atom. The smallest absolute Gasteiger partial charge is 0.308 e. The van der Waals surface area contributed by atoms with Gasteiger partial charge in [-0.1, -0.05) is 23.2 Å². The van der Waals surface area contributed by atoms with Gasteiger partial charge in [-0.25, -0.2) is 0 Å². The first-order valence-corrected chi connectivity index (χ1v) is 10.0. The number of carbonyl (C=O) groups excluding carboxylic acids is 3. The van der Waals surface area contributed by atoms with E-state index in [0.29, 0.717) is 9.88 Å². The van der Waals surface area contributed by atoms with Gasteiger partial charge in [0.2, 0.25) is 5.91 Å². The highest BCUT2D eigenvalue weighted by Crippen LogP contribution is 2.36. The van der Waals surface area contributed by atoms with E-state index < -0.39 is 23.8 Å². The number of phenolic OH excluding ortho intramolecular Hbond substituents is 1. The maximum absolute atomic E-state index is 12.3. The van der Waals surface area contributed by atoms with Crippen molar-refractivity contribution in [3.05, 3.63) is 44.8 Å². The largest absolute Gasteiger partial charge is 0.506 e. The molecule has 0 radical (unpaired) electrons. The molecule has 0 aliphatic heterocycles. The zero-order valence-electron chi connectivity index (χ0n) is 15.3. The molecule has 156 valence electrons. The Morgan fingerprint density at radius 2 is 2.00 bits per heavy atom. The quantitative estimate of drug-likeness (QED) is 0.448. The predicted octanol–water partition coefficient (Wildman–Crippen LogP) is 2.88. The lowest BCUT2D eigenvalue weighted by molar-refractivity contribution is -0.143. The molecular formula is C18H19Cl2N3O5S. The number of hydrogen-bond donors (Lipinski definition) is 4. The van der Waals surface area contributed by atoms with Crippen LogP contribution in [-0.2, 0) is 14.3 Å². The van der Waals surface area contributed by atoms with Crippen LogP contribution in [0.2, 0.25) is 10.0 Å². The molecule has 2 rings (SSSR count). The van der Waals surface area contributed by atoms with Crippen LogP contribution in [-0.4, -0.2) is 36.0 Å². The van der Waals surface area contributed by atoms with E-state index in [-0.39, 0.29) is 40.9 Å². The number of anilines is 1. The molecule has 0 saturated carbocycles. The van der Waals surface area contributed by atoms with Crippen molar-refractivity contribution in [2.75, 3.05) is 18.9 Å². The Kier molecular flexibility index (Phi) is 8.12. The first kappa shape index (κ1) is 22.8. The summed E-state index contributed by atoms with van der Waals surface area (Å²) >= 11 is 13.0. The monoisotopic (exact) mass is 459 g/mol. The maximum atomic E-state index is 12.3. The molecule has 29 heavy (non-hydrogen) atoms. The fourth-order valence-corrected chi connectivity index (χ4v) is 3.64. The number of halogens is 2. The Labute approximate surface area is 180 Å². The van der Waals surface area contributed by atoms with E-state index in [1.54, 1.807) is 19.1 Å². The van der Waals surface area contributed by atoms with E-state index in [0.717, 1.165) is 11.3 Å². The summed E-state index contributed by atoms with van der Waals surface area (Å²) < 4.78 is 4.92. The number of rotatable bonds is 8. The van der Waals surface area contributed by atoms with Crippen LogP contribution in [0.3, 0.4) is 0 Å². The van der Waals surface area contributed by atoms with Gasteiger partial charge in [-0.2, -0.15) is 0 Å². The summed E-state index contributed by atoms with van der Waals surface area (Å²) in [6.07, 6.45) is -0.265. The summed E-state index contributed by atoms with van der Waals surface area (Å²) in [7, 11) is 0. The van der Waals surface area contributed by atoms with Crippen LogP contribution in [0.25, 0.3) is 0 Å². The first-order valence-electron chi connectivity index (χ1n) is 8.47. The van der Waals surface area contributed by atoms with Gasteiger partial charge >= 0.3 is 5.97 Å². The molecule has 0 aliphatic rings. The lowest BCUT2D eigenvalue weighted by Gasteiger charge is -2.20. The Morgan fingerprint density at radius 3 is 2.62 bits per heavy atom. The molecule has 1 aromatic heterocycles. The molecule has 1 unspecified atom stereocenters. The number of benzene rings is 1. The zero-order valence-corrected chi connectivity index (χ0v) is 17.7. The molecule has 0 spiro atoms. The minimum Gasteiger partial charge on any atom is -0.506 e. The van der Waals surface area contributed by atoms with Crippen molar-refractivity contribution in [1.82, 2.24) is 10.6 Å². The first-order chi connectivity index (χ1) is 13.7. The van der Waals surface area contributed by atoms with Crippen LogP contribution >= 0.6 is 34.5 Å². The minimum absolute atomic E-state index is 0.0285. The van der Waals surface area contributed by atoms with Crippen LogP contribution < -0.4 is 16.4 Å². The van der Waals surface area contributed by atoms with Crippen molar-refractivity contribution >= 4 is 57.3 Å². The fourth-order valence-electron chi connectivity index (χ4n) is 2.44. The third-order valence-electron chi connectivity index (χ3n) is 3.70. The van der Waals surface area contributed by atoms with Crippen molar-refractivity contribution in [2.45, 2.75) is 19.4 Å². The van der Waals surface area contributed by atoms with Gasteiger partial charge in [0.25, 0.3) is 5.91 Å². The molecule has 0 bridgehead atoms. The van der Waals surface area contributed by atoms with Gasteiger partial charge in [0.15, 0.2) is 0 Å². The molecule has 2 aromatic rings. The molecule has 1 atom stereocenters. The fraction of sp³-hybridized carbons (Fsp3) is 0.278. The summed E-state index contributed by atoms with van der Waals surface area (Å²) in [5, 5.41) is 15.9. The maximum Gasteiger partial charge on any atom is 0.308 e. The van der Waals surface area contributed by atoms with Crippen molar-refractivity contribution in [3.63, 3.8) is 0 Å². The molecule has 0 saturated heterocycles. The summed E-state index contributed by atoms with van der Waals surface area (Å²) in [4.78, 5) is 36.7. The predicted molar refractivity (Wildman–Crippen MR) is 111 cm³/mol.